The number of hydrogen-bond donors (Lipinski definition) is 0. The molecule has 1 aliphatic rings. The van der Waals surface area contributed by atoms with Crippen LogP contribution in [0.15, 0.2) is 0 Å². The van der Waals surface area contributed by atoms with Gasteiger partial charge in [0, 0.05) is 24.3 Å². The smallest absolute Gasteiger partial charge is 0.147 e. The van der Waals surface area contributed by atoms with E-state index in [0.717, 1.165) is 19.3 Å². The van der Waals surface area contributed by atoms with Crippen LogP contribution < -0.4 is 0 Å². The summed E-state index contributed by atoms with van der Waals surface area (Å²) in [6.45, 7) is 2.18. The Kier molecular flexibility index (Phi) is 5.63. The van der Waals surface area contributed by atoms with E-state index in [4.69, 9.17) is 0 Å². The van der Waals surface area contributed by atoms with Crippen molar-refractivity contribution in [1.29, 1.82) is 0 Å². The minimum Gasteiger partial charge on any atom is -0.299 e. The van der Waals surface area contributed by atoms with Gasteiger partial charge in [-0.25, -0.2) is 8.42 Å². The predicted molar refractivity (Wildman–Crippen MR) is 69.7 cm³/mol. The standard InChI is InChI=1S/C13H24O3S/c1-3-5-11-7-8-13(14)12(10-11)6-4-9-17(2,15)16/h11-12H,3-10H2,1-2H3. The minimum absolute atomic E-state index is 0.127. The SMILES string of the molecule is CCCC1CCC(=O)C(CCCS(C)(=O)=O)C1. The Morgan fingerprint density at radius 3 is 2.59 bits per heavy atom. The van der Waals surface area contributed by atoms with Gasteiger partial charge in [0.15, 0.2) is 0 Å². The summed E-state index contributed by atoms with van der Waals surface area (Å²) in [4.78, 5) is 11.8. The molecule has 0 bridgehead atoms. The lowest BCUT2D eigenvalue weighted by molar-refractivity contribution is -0.125. The molecule has 100 valence electrons. The van der Waals surface area contributed by atoms with E-state index in [2.05, 4.69) is 6.92 Å². The first kappa shape index (κ1) is 14.7. The molecule has 0 aliphatic heterocycles. The molecule has 0 radical (unpaired) electrons. The van der Waals surface area contributed by atoms with Crippen molar-refractivity contribution in [3.8, 4) is 0 Å². The molecule has 1 rings (SSSR count). The zero-order valence-corrected chi connectivity index (χ0v) is 11.8. The third-order valence-electron chi connectivity index (χ3n) is 3.64. The van der Waals surface area contributed by atoms with Gasteiger partial charge in [-0.15, -0.1) is 0 Å². The Morgan fingerprint density at radius 1 is 1.29 bits per heavy atom. The van der Waals surface area contributed by atoms with Crippen molar-refractivity contribution < 1.29 is 13.2 Å². The number of rotatable bonds is 6. The van der Waals surface area contributed by atoms with Gasteiger partial charge in [0.05, 0.1) is 0 Å². The summed E-state index contributed by atoms with van der Waals surface area (Å²) in [6.07, 6.45) is 7.75. The number of carbonyl (C=O) groups excluding carboxylic acids is 1. The van der Waals surface area contributed by atoms with Crippen LogP contribution in [0.2, 0.25) is 0 Å². The van der Waals surface area contributed by atoms with Gasteiger partial charge < -0.3 is 0 Å². The minimum atomic E-state index is -2.88. The largest absolute Gasteiger partial charge is 0.299 e. The molecule has 0 amide bonds. The van der Waals surface area contributed by atoms with Gasteiger partial charge in [-0.1, -0.05) is 19.8 Å². The third-order valence-corrected chi connectivity index (χ3v) is 4.67. The summed E-state index contributed by atoms with van der Waals surface area (Å²) in [6, 6.07) is 0. The van der Waals surface area contributed by atoms with Crippen molar-refractivity contribution in [2.45, 2.75) is 51.9 Å². The molecule has 2 unspecified atom stereocenters. The van der Waals surface area contributed by atoms with Crippen LogP contribution in [0.1, 0.15) is 51.9 Å². The molecule has 4 heteroatoms. The van der Waals surface area contributed by atoms with Crippen molar-refractivity contribution >= 4 is 15.6 Å². The summed E-state index contributed by atoms with van der Waals surface area (Å²) in [5.41, 5.74) is 0. The maximum Gasteiger partial charge on any atom is 0.147 e. The van der Waals surface area contributed by atoms with Crippen LogP contribution >= 0.6 is 0 Å². The van der Waals surface area contributed by atoms with E-state index in [1.807, 2.05) is 0 Å². The Labute approximate surface area is 105 Å². The highest BCUT2D eigenvalue weighted by Crippen LogP contribution is 2.32. The Balaban J connectivity index is 2.37. The molecule has 1 saturated carbocycles. The van der Waals surface area contributed by atoms with Crippen LogP contribution in [-0.2, 0) is 14.6 Å². The van der Waals surface area contributed by atoms with E-state index in [-0.39, 0.29) is 11.7 Å². The molecule has 0 heterocycles. The summed E-state index contributed by atoms with van der Waals surface area (Å²) >= 11 is 0. The first-order chi connectivity index (χ1) is 7.92. The van der Waals surface area contributed by atoms with Crippen LogP contribution in [-0.4, -0.2) is 26.2 Å². The highest BCUT2D eigenvalue weighted by atomic mass is 32.2. The quantitative estimate of drug-likeness (QED) is 0.737. The lowest BCUT2D eigenvalue weighted by atomic mass is 9.77. The summed E-state index contributed by atoms with van der Waals surface area (Å²) in [5, 5.41) is 0. The number of Topliss-reactive ketones (excluding diaryl/α,β-unsaturated/α-hetero) is 1. The topological polar surface area (TPSA) is 51.2 Å². The second-order valence-corrected chi connectivity index (χ2v) is 7.62. The molecule has 1 aliphatic carbocycles. The van der Waals surface area contributed by atoms with Crippen molar-refractivity contribution in [3.05, 3.63) is 0 Å². The monoisotopic (exact) mass is 260 g/mol. The van der Waals surface area contributed by atoms with E-state index in [9.17, 15) is 13.2 Å². The maximum absolute atomic E-state index is 11.8. The average Bonchev–Trinajstić information content (AvgIpc) is 2.21. The maximum atomic E-state index is 11.8. The van der Waals surface area contributed by atoms with Gasteiger partial charge in [0.25, 0.3) is 0 Å². The summed E-state index contributed by atoms with van der Waals surface area (Å²) in [7, 11) is -2.88. The molecule has 0 aromatic carbocycles. The Hall–Kier alpha value is -0.380. The van der Waals surface area contributed by atoms with Gasteiger partial charge in [0.2, 0.25) is 0 Å². The van der Waals surface area contributed by atoms with Gasteiger partial charge in [-0.2, -0.15) is 0 Å². The molecule has 3 nitrogen and oxygen atoms in total. The van der Waals surface area contributed by atoms with Crippen molar-refractivity contribution in [1.82, 2.24) is 0 Å². The third kappa shape index (κ3) is 5.66. The molecule has 0 saturated heterocycles. The number of sulfone groups is 1. The predicted octanol–water partition coefficient (Wildman–Crippen LogP) is 2.60. The Bertz CT molecular complexity index is 346. The number of hydrogen-bond acceptors (Lipinski definition) is 3. The van der Waals surface area contributed by atoms with Gasteiger partial charge in [-0.05, 0) is 31.6 Å². The fourth-order valence-electron chi connectivity index (χ4n) is 2.74. The second-order valence-electron chi connectivity index (χ2n) is 5.36. The van der Waals surface area contributed by atoms with Crippen LogP contribution in [0, 0.1) is 11.8 Å². The van der Waals surface area contributed by atoms with Crippen molar-refractivity contribution in [2.24, 2.45) is 11.8 Å². The van der Waals surface area contributed by atoms with E-state index in [1.165, 1.54) is 19.1 Å². The number of ketones is 1. The first-order valence-corrected chi connectivity index (χ1v) is 8.69. The lowest BCUT2D eigenvalue weighted by Gasteiger charge is -2.27. The van der Waals surface area contributed by atoms with Crippen LogP contribution in [0.25, 0.3) is 0 Å². The van der Waals surface area contributed by atoms with Crippen LogP contribution in [0.3, 0.4) is 0 Å². The average molecular weight is 260 g/mol. The summed E-state index contributed by atoms with van der Waals surface area (Å²) in [5.74, 6) is 1.38. The van der Waals surface area contributed by atoms with E-state index in [1.54, 1.807) is 0 Å². The zero-order valence-electron chi connectivity index (χ0n) is 10.9. The molecule has 17 heavy (non-hydrogen) atoms. The molecule has 1 fully saturated rings. The normalized spacial score (nSPS) is 26.1. The van der Waals surface area contributed by atoms with Gasteiger partial charge >= 0.3 is 0 Å². The molecule has 0 spiro atoms. The highest BCUT2D eigenvalue weighted by molar-refractivity contribution is 7.90. The van der Waals surface area contributed by atoms with Gasteiger partial charge in [0.1, 0.15) is 15.6 Å². The molecular weight excluding hydrogens is 236 g/mol. The van der Waals surface area contributed by atoms with E-state index < -0.39 is 9.84 Å². The van der Waals surface area contributed by atoms with Crippen molar-refractivity contribution in [2.75, 3.05) is 12.0 Å². The van der Waals surface area contributed by atoms with E-state index in [0.29, 0.717) is 24.5 Å². The van der Waals surface area contributed by atoms with E-state index >= 15 is 0 Å². The number of carbonyl (C=O) groups is 1. The fraction of sp³-hybridized carbons (Fsp3) is 0.923. The highest BCUT2D eigenvalue weighted by Gasteiger charge is 2.27. The Morgan fingerprint density at radius 2 is 2.00 bits per heavy atom. The fourth-order valence-corrected chi connectivity index (χ4v) is 3.43. The first-order valence-electron chi connectivity index (χ1n) is 6.62. The molecule has 2 atom stereocenters. The van der Waals surface area contributed by atoms with Crippen molar-refractivity contribution in [3.63, 3.8) is 0 Å². The summed E-state index contributed by atoms with van der Waals surface area (Å²) < 4.78 is 22.1. The second kappa shape index (κ2) is 6.53. The van der Waals surface area contributed by atoms with Gasteiger partial charge in [-0.3, -0.25) is 4.79 Å². The molecule has 0 aromatic rings. The zero-order chi connectivity index (χ0) is 12.9. The van der Waals surface area contributed by atoms with Crippen LogP contribution in [0.5, 0.6) is 0 Å². The molecule has 0 N–H and O–H groups in total. The van der Waals surface area contributed by atoms with Crippen LogP contribution in [0.4, 0.5) is 0 Å². The lowest BCUT2D eigenvalue weighted by Crippen LogP contribution is -2.25. The molecular formula is C13H24O3S. The molecule has 0 aromatic heterocycles.